The third-order valence-corrected chi connectivity index (χ3v) is 4.70. The van der Waals surface area contributed by atoms with Crippen molar-refractivity contribution in [3.63, 3.8) is 0 Å². The highest BCUT2D eigenvalue weighted by molar-refractivity contribution is 5.94. The Morgan fingerprint density at radius 1 is 1.04 bits per heavy atom. The van der Waals surface area contributed by atoms with Crippen LogP contribution in [-0.4, -0.2) is 23.3 Å². The lowest BCUT2D eigenvalue weighted by Crippen LogP contribution is -2.02. The number of carbonyl (C=O) groups excluding carboxylic acids is 2. The molecule has 0 aliphatic carbocycles. The molecule has 0 saturated heterocycles. The Labute approximate surface area is 164 Å². The lowest BCUT2D eigenvalue weighted by molar-refractivity contribution is 0.100. The Morgan fingerprint density at radius 3 is 2.18 bits per heavy atom. The van der Waals surface area contributed by atoms with Gasteiger partial charge in [-0.15, -0.1) is 0 Å². The number of Topliss-reactive ketones (excluding diaryl/α,β-unsaturated/α-hetero) is 2. The molecule has 2 aromatic rings. The number of ketones is 2. The van der Waals surface area contributed by atoms with E-state index in [0.29, 0.717) is 17.7 Å². The Bertz CT molecular complexity index is 956. The Morgan fingerprint density at radius 2 is 1.61 bits per heavy atom. The van der Waals surface area contributed by atoms with Crippen molar-refractivity contribution in [3.05, 3.63) is 82.4 Å². The van der Waals surface area contributed by atoms with E-state index in [1.54, 1.807) is 36.4 Å². The van der Waals surface area contributed by atoms with Gasteiger partial charge in [0.2, 0.25) is 0 Å². The van der Waals surface area contributed by atoms with Crippen LogP contribution in [0, 0.1) is 11.8 Å². The average Bonchev–Trinajstić information content (AvgIpc) is 3.16. The summed E-state index contributed by atoms with van der Waals surface area (Å²) in [6.07, 6.45) is 1.25. The zero-order valence-corrected chi connectivity index (χ0v) is 15.9. The van der Waals surface area contributed by atoms with Gasteiger partial charge in [-0.2, -0.15) is 0 Å². The zero-order valence-electron chi connectivity index (χ0n) is 15.9. The Balaban J connectivity index is 1.65. The summed E-state index contributed by atoms with van der Waals surface area (Å²) in [5, 5.41) is 10.3. The van der Waals surface area contributed by atoms with Crippen LogP contribution in [0.4, 0.5) is 0 Å². The second-order valence-electron chi connectivity index (χ2n) is 6.75. The molecule has 3 rings (SSSR count). The minimum atomic E-state index is -0.718. The fourth-order valence-electron chi connectivity index (χ4n) is 3.02. The molecule has 0 aromatic heterocycles. The molecule has 28 heavy (non-hydrogen) atoms. The third kappa shape index (κ3) is 4.64. The summed E-state index contributed by atoms with van der Waals surface area (Å²) in [6.45, 7) is 3.54. The van der Waals surface area contributed by atoms with Crippen LogP contribution in [0.1, 0.15) is 64.3 Å². The van der Waals surface area contributed by atoms with E-state index in [4.69, 9.17) is 4.74 Å². The monoisotopic (exact) mass is 374 g/mol. The topological polar surface area (TPSA) is 63.6 Å². The SMILES string of the molecule is CC(=O)c1ccc(C(O)CC#CC2=CCOC2c2ccc(C(C)=O)cc2)cc1. The van der Waals surface area contributed by atoms with Crippen LogP contribution in [0.2, 0.25) is 0 Å². The van der Waals surface area contributed by atoms with Gasteiger partial charge in [0, 0.05) is 23.1 Å². The Hall–Kier alpha value is -3.00. The molecule has 1 aliphatic rings. The lowest BCUT2D eigenvalue weighted by atomic mass is 10.00. The molecule has 0 fully saturated rings. The summed E-state index contributed by atoms with van der Waals surface area (Å²) in [4.78, 5) is 22.7. The minimum absolute atomic E-state index is 0.00335. The van der Waals surface area contributed by atoms with E-state index in [0.717, 1.165) is 16.7 Å². The predicted octanol–water partition coefficient (Wildman–Crippen LogP) is 4.22. The van der Waals surface area contributed by atoms with Crippen LogP contribution in [0.5, 0.6) is 0 Å². The van der Waals surface area contributed by atoms with Crippen molar-refractivity contribution in [2.45, 2.75) is 32.5 Å². The van der Waals surface area contributed by atoms with Crippen LogP contribution < -0.4 is 0 Å². The van der Waals surface area contributed by atoms with Crippen LogP contribution in [-0.2, 0) is 4.74 Å². The maximum Gasteiger partial charge on any atom is 0.159 e. The van der Waals surface area contributed by atoms with E-state index < -0.39 is 6.10 Å². The van der Waals surface area contributed by atoms with E-state index in [1.807, 2.05) is 18.2 Å². The van der Waals surface area contributed by atoms with Crippen molar-refractivity contribution in [1.82, 2.24) is 0 Å². The first-order valence-electron chi connectivity index (χ1n) is 9.16. The van der Waals surface area contributed by atoms with E-state index >= 15 is 0 Å². The molecule has 0 bridgehead atoms. The number of aliphatic hydroxyl groups is 1. The average molecular weight is 374 g/mol. The zero-order chi connectivity index (χ0) is 20.1. The van der Waals surface area contributed by atoms with Crippen molar-refractivity contribution < 1.29 is 19.4 Å². The van der Waals surface area contributed by atoms with Gasteiger partial charge < -0.3 is 9.84 Å². The van der Waals surface area contributed by atoms with Gasteiger partial charge in [-0.1, -0.05) is 60.4 Å². The molecule has 0 amide bonds. The van der Waals surface area contributed by atoms with E-state index in [9.17, 15) is 14.7 Å². The standard InChI is InChI=1S/C24H22O4/c1-16(25)18-6-10-20(11-7-18)23(27)5-3-4-21-14-15-28-24(21)22-12-8-19(9-13-22)17(2)26/h6-14,23-24,27H,5,15H2,1-2H3. The number of ether oxygens (including phenoxy) is 1. The third-order valence-electron chi connectivity index (χ3n) is 4.70. The van der Waals surface area contributed by atoms with Gasteiger partial charge in [-0.05, 0) is 31.1 Å². The van der Waals surface area contributed by atoms with Crippen LogP contribution >= 0.6 is 0 Å². The molecular weight excluding hydrogens is 352 g/mol. The smallest absolute Gasteiger partial charge is 0.159 e. The van der Waals surface area contributed by atoms with Gasteiger partial charge in [0.05, 0.1) is 12.7 Å². The minimum Gasteiger partial charge on any atom is -0.387 e. The first-order valence-corrected chi connectivity index (χ1v) is 9.16. The van der Waals surface area contributed by atoms with Gasteiger partial charge >= 0.3 is 0 Å². The highest BCUT2D eigenvalue weighted by Gasteiger charge is 2.20. The maximum atomic E-state index is 11.4. The summed E-state index contributed by atoms with van der Waals surface area (Å²) in [5.41, 5.74) is 3.82. The molecular formula is C24H22O4. The summed E-state index contributed by atoms with van der Waals surface area (Å²) in [5.74, 6) is 6.15. The number of hydrogen-bond donors (Lipinski definition) is 1. The van der Waals surface area contributed by atoms with Crippen LogP contribution in [0.3, 0.4) is 0 Å². The van der Waals surface area contributed by atoms with Crippen molar-refractivity contribution in [1.29, 1.82) is 0 Å². The Kier molecular flexibility index (Phi) is 6.20. The quantitative estimate of drug-likeness (QED) is 0.629. The summed E-state index contributed by atoms with van der Waals surface area (Å²) in [6, 6.07) is 14.3. The number of benzene rings is 2. The van der Waals surface area contributed by atoms with Crippen molar-refractivity contribution >= 4 is 11.6 Å². The molecule has 142 valence electrons. The lowest BCUT2D eigenvalue weighted by Gasteiger charge is -2.12. The fourth-order valence-corrected chi connectivity index (χ4v) is 3.02. The highest BCUT2D eigenvalue weighted by atomic mass is 16.5. The number of carbonyl (C=O) groups is 2. The first kappa shape index (κ1) is 19.8. The molecule has 4 heteroatoms. The molecule has 2 unspecified atom stereocenters. The van der Waals surface area contributed by atoms with E-state index in [1.165, 1.54) is 13.8 Å². The van der Waals surface area contributed by atoms with Gasteiger partial charge in [0.25, 0.3) is 0 Å². The molecule has 4 nitrogen and oxygen atoms in total. The summed E-state index contributed by atoms with van der Waals surface area (Å²) in [7, 11) is 0. The largest absolute Gasteiger partial charge is 0.387 e. The molecule has 1 heterocycles. The van der Waals surface area contributed by atoms with Gasteiger partial charge in [0.15, 0.2) is 11.6 Å². The second kappa shape index (κ2) is 8.79. The molecule has 0 spiro atoms. The second-order valence-corrected chi connectivity index (χ2v) is 6.75. The maximum absolute atomic E-state index is 11.4. The van der Waals surface area contributed by atoms with Crippen molar-refractivity contribution in [2.75, 3.05) is 6.61 Å². The molecule has 1 N–H and O–H groups in total. The fraction of sp³-hybridized carbons (Fsp3) is 0.250. The van der Waals surface area contributed by atoms with Gasteiger partial charge in [0.1, 0.15) is 6.10 Å². The normalized spacial score (nSPS) is 16.7. The summed E-state index contributed by atoms with van der Waals surface area (Å²) < 4.78 is 5.76. The van der Waals surface area contributed by atoms with Gasteiger partial charge in [-0.3, -0.25) is 9.59 Å². The van der Waals surface area contributed by atoms with Gasteiger partial charge in [-0.25, -0.2) is 0 Å². The highest BCUT2D eigenvalue weighted by Crippen LogP contribution is 2.30. The number of hydrogen-bond acceptors (Lipinski definition) is 4. The van der Waals surface area contributed by atoms with Crippen LogP contribution in [0.25, 0.3) is 0 Å². The van der Waals surface area contributed by atoms with Crippen LogP contribution in [0.15, 0.2) is 60.2 Å². The molecule has 0 saturated carbocycles. The molecule has 2 aromatic carbocycles. The molecule has 2 atom stereocenters. The van der Waals surface area contributed by atoms with Crippen molar-refractivity contribution in [3.8, 4) is 11.8 Å². The molecule has 0 radical (unpaired) electrons. The number of rotatable bonds is 5. The van der Waals surface area contributed by atoms with E-state index in [-0.39, 0.29) is 24.1 Å². The molecule has 1 aliphatic heterocycles. The van der Waals surface area contributed by atoms with E-state index in [2.05, 4.69) is 11.8 Å². The predicted molar refractivity (Wildman–Crippen MR) is 107 cm³/mol. The first-order chi connectivity index (χ1) is 13.5. The number of aliphatic hydroxyl groups excluding tert-OH is 1. The summed E-state index contributed by atoms with van der Waals surface area (Å²) >= 11 is 0. The van der Waals surface area contributed by atoms with Crippen molar-refractivity contribution in [2.24, 2.45) is 0 Å².